The van der Waals surface area contributed by atoms with E-state index >= 15 is 0 Å². The van der Waals surface area contributed by atoms with Crippen molar-refractivity contribution in [1.29, 1.82) is 0 Å². The Morgan fingerprint density at radius 1 is 0.941 bits per heavy atom. The van der Waals surface area contributed by atoms with Crippen LogP contribution in [0.5, 0.6) is 0 Å². The number of amides is 1. The van der Waals surface area contributed by atoms with Crippen LogP contribution in [-0.2, 0) is 6.42 Å². The summed E-state index contributed by atoms with van der Waals surface area (Å²) in [4.78, 5) is 23.3. The zero-order valence-corrected chi connectivity index (χ0v) is 18.5. The molecule has 0 bridgehead atoms. The van der Waals surface area contributed by atoms with E-state index in [1.54, 1.807) is 36.4 Å². The predicted octanol–water partition coefficient (Wildman–Crippen LogP) is 2.87. The number of rotatable bonds is 10. The SMILES string of the molecule is O=C(O)c1ccc(C(=O)Nc2ccc(C[C@@H](CO)NC[C@@H](O)c3cccc(Cl)c3)cc2)cc1.[NaH]. The summed E-state index contributed by atoms with van der Waals surface area (Å²) in [6, 6.07) is 19.6. The van der Waals surface area contributed by atoms with Crippen LogP contribution in [-0.4, -0.2) is 75.9 Å². The predicted molar refractivity (Wildman–Crippen MR) is 134 cm³/mol. The zero-order valence-electron chi connectivity index (χ0n) is 17.7. The second-order valence-corrected chi connectivity index (χ2v) is 8.03. The van der Waals surface area contributed by atoms with Gasteiger partial charge in [0.2, 0.25) is 0 Å². The Kier molecular flexibility index (Phi) is 11.2. The van der Waals surface area contributed by atoms with Crippen molar-refractivity contribution in [3.63, 3.8) is 0 Å². The van der Waals surface area contributed by atoms with Crippen LogP contribution in [0.4, 0.5) is 5.69 Å². The first-order valence-corrected chi connectivity index (χ1v) is 10.7. The molecular formula is C25H26ClN2NaO5. The summed E-state index contributed by atoms with van der Waals surface area (Å²) in [6.45, 7) is 0.160. The van der Waals surface area contributed by atoms with Crippen LogP contribution in [0.2, 0.25) is 5.02 Å². The van der Waals surface area contributed by atoms with Gasteiger partial charge in [-0.05, 0) is 66.1 Å². The van der Waals surface area contributed by atoms with Crippen LogP contribution in [0.15, 0.2) is 72.8 Å². The van der Waals surface area contributed by atoms with Crippen LogP contribution in [0.1, 0.15) is 37.9 Å². The van der Waals surface area contributed by atoms with Gasteiger partial charge in [-0.3, -0.25) is 4.79 Å². The van der Waals surface area contributed by atoms with Crippen molar-refractivity contribution in [1.82, 2.24) is 5.32 Å². The van der Waals surface area contributed by atoms with Gasteiger partial charge in [-0.1, -0.05) is 35.9 Å². The summed E-state index contributed by atoms with van der Waals surface area (Å²) >= 11 is 5.96. The van der Waals surface area contributed by atoms with Crippen LogP contribution < -0.4 is 10.6 Å². The van der Waals surface area contributed by atoms with E-state index in [-0.39, 0.29) is 60.2 Å². The Morgan fingerprint density at radius 2 is 1.59 bits per heavy atom. The number of anilines is 1. The number of carbonyl (C=O) groups excluding carboxylic acids is 1. The van der Waals surface area contributed by atoms with Gasteiger partial charge in [0, 0.05) is 28.9 Å². The van der Waals surface area contributed by atoms with Gasteiger partial charge < -0.3 is 26.0 Å². The van der Waals surface area contributed by atoms with Crippen molar-refractivity contribution in [2.45, 2.75) is 18.6 Å². The molecule has 3 rings (SSSR count). The molecule has 0 aliphatic heterocycles. The fourth-order valence-electron chi connectivity index (χ4n) is 3.29. The molecule has 0 aliphatic carbocycles. The average molecular weight is 493 g/mol. The van der Waals surface area contributed by atoms with Crippen LogP contribution >= 0.6 is 11.6 Å². The van der Waals surface area contributed by atoms with E-state index in [1.165, 1.54) is 24.3 Å². The minimum atomic E-state index is -1.05. The van der Waals surface area contributed by atoms with Crippen molar-refractivity contribution >= 4 is 58.7 Å². The number of hydrogen-bond donors (Lipinski definition) is 5. The molecule has 1 amide bonds. The molecule has 7 nitrogen and oxygen atoms in total. The van der Waals surface area contributed by atoms with E-state index in [4.69, 9.17) is 16.7 Å². The topological polar surface area (TPSA) is 119 Å². The van der Waals surface area contributed by atoms with Gasteiger partial charge in [0.15, 0.2) is 0 Å². The number of hydrogen-bond acceptors (Lipinski definition) is 5. The number of halogens is 1. The second-order valence-electron chi connectivity index (χ2n) is 7.60. The number of carboxylic acid groups (broad SMARTS) is 1. The van der Waals surface area contributed by atoms with Gasteiger partial charge in [-0.2, -0.15) is 0 Å². The molecule has 0 aromatic heterocycles. The fourth-order valence-corrected chi connectivity index (χ4v) is 3.49. The number of carboxylic acids is 1. The molecule has 0 radical (unpaired) electrons. The van der Waals surface area contributed by atoms with E-state index in [2.05, 4.69) is 10.6 Å². The molecule has 0 unspecified atom stereocenters. The molecule has 3 aromatic rings. The molecule has 5 N–H and O–H groups in total. The van der Waals surface area contributed by atoms with E-state index < -0.39 is 12.1 Å². The Morgan fingerprint density at radius 3 is 2.18 bits per heavy atom. The van der Waals surface area contributed by atoms with Gasteiger partial charge in [0.1, 0.15) is 0 Å². The van der Waals surface area contributed by atoms with E-state index in [0.29, 0.717) is 28.3 Å². The number of aliphatic hydroxyl groups excluding tert-OH is 2. The molecular weight excluding hydrogens is 467 g/mol. The Balaban J connectivity index is 0.00000408. The molecule has 0 aliphatic rings. The Labute approximate surface area is 225 Å². The molecule has 0 saturated carbocycles. The molecule has 0 spiro atoms. The summed E-state index contributed by atoms with van der Waals surface area (Å²) in [5, 5.41) is 35.5. The molecule has 0 fully saturated rings. The number of carbonyl (C=O) groups is 2. The van der Waals surface area contributed by atoms with Crippen molar-refractivity contribution in [3.05, 3.63) is 100 Å². The number of aromatic carboxylic acids is 1. The number of nitrogens with one attached hydrogen (secondary N) is 2. The number of aliphatic hydroxyl groups is 2. The third-order valence-corrected chi connectivity index (χ3v) is 5.38. The standard InChI is InChI=1S/C25H25ClN2O5.Na.H/c26-20-3-1-2-19(13-20)23(30)14-27-22(15-29)12-16-4-10-21(11-5-16)28-24(31)17-6-8-18(9-7-17)25(32)33;;/h1-11,13,22-23,27,29-30H,12,14-15H2,(H,28,31)(H,32,33);;/t22-,23+;;/m0../s1. The normalized spacial score (nSPS) is 12.3. The number of benzene rings is 3. The molecule has 34 heavy (non-hydrogen) atoms. The van der Waals surface area contributed by atoms with Crippen molar-refractivity contribution in [2.24, 2.45) is 0 Å². The third-order valence-electron chi connectivity index (χ3n) is 5.14. The Bertz CT molecular complexity index is 1090. The maximum atomic E-state index is 12.4. The molecule has 0 saturated heterocycles. The second kappa shape index (κ2) is 13.6. The van der Waals surface area contributed by atoms with Crippen LogP contribution in [0.3, 0.4) is 0 Å². The first-order chi connectivity index (χ1) is 15.9. The summed E-state index contributed by atoms with van der Waals surface area (Å²) < 4.78 is 0. The first kappa shape index (κ1) is 28.0. The molecule has 9 heteroatoms. The summed E-state index contributed by atoms with van der Waals surface area (Å²) in [5.74, 6) is -1.39. The van der Waals surface area contributed by atoms with Crippen molar-refractivity contribution in [3.8, 4) is 0 Å². The van der Waals surface area contributed by atoms with Gasteiger partial charge in [-0.15, -0.1) is 0 Å². The summed E-state index contributed by atoms with van der Waals surface area (Å²) in [6.07, 6.45) is -0.219. The monoisotopic (exact) mass is 492 g/mol. The van der Waals surface area contributed by atoms with Crippen molar-refractivity contribution in [2.75, 3.05) is 18.5 Å². The Hall–Kier alpha value is -2.23. The molecule has 0 heterocycles. The minimum absolute atomic E-state index is 0. The summed E-state index contributed by atoms with van der Waals surface area (Å²) in [7, 11) is 0. The fraction of sp³-hybridized carbons (Fsp3) is 0.200. The van der Waals surface area contributed by atoms with Crippen LogP contribution in [0.25, 0.3) is 0 Å². The summed E-state index contributed by atoms with van der Waals surface area (Å²) in [5.41, 5.74) is 2.71. The van der Waals surface area contributed by atoms with E-state index in [0.717, 1.165) is 5.56 Å². The van der Waals surface area contributed by atoms with Gasteiger partial charge in [0.05, 0.1) is 18.3 Å². The van der Waals surface area contributed by atoms with E-state index in [9.17, 15) is 19.8 Å². The molecule has 3 aromatic carbocycles. The molecule has 174 valence electrons. The maximum absolute atomic E-state index is 12.4. The van der Waals surface area contributed by atoms with Crippen LogP contribution in [0, 0.1) is 0 Å². The van der Waals surface area contributed by atoms with Gasteiger partial charge in [-0.25, -0.2) is 4.79 Å². The van der Waals surface area contributed by atoms with Crippen molar-refractivity contribution < 1.29 is 24.9 Å². The quantitative estimate of drug-likeness (QED) is 0.278. The van der Waals surface area contributed by atoms with E-state index in [1.807, 2.05) is 12.1 Å². The van der Waals surface area contributed by atoms with Gasteiger partial charge in [0.25, 0.3) is 5.91 Å². The molecule has 2 atom stereocenters. The zero-order chi connectivity index (χ0) is 23.8. The van der Waals surface area contributed by atoms with Gasteiger partial charge >= 0.3 is 35.5 Å². The third kappa shape index (κ3) is 8.21. The average Bonchev–Trinajstić information content (AvgIpc) is 2.82. The first-order valence-electron chi connectivity index (χ1n) is 10.4.